The molecule has 0 radical (unpaired) electrons. The molecule has 7 heteroatoms. The summed E-state index contributed by atoms with van der Waals surface area (Å²) in [5.74, 6) is -0.811. The molecule has 3 amide bonds. The van der Waals surface area contributed by atoms with Gasteiger partial charge in [0.2, 0.25) is 5.91 Å². The van der Waals surface area contributed by atoms with Crippen LogP contribution in [0.4, 0.5) is 11.4 Å². The predicted octanol–water partition coefficient (Wildman–Crippen LogP) is 2.13. The second kappa shape index (κ2) is 10.1. The van der Waals surface area contributed by atoms with Gasteiger partial charge in [0.1, 0.15) is 0 Å². The van der Waals surface area contributed by atoms with Crippen molar-refractivity contribution in [2.75, 3.05) is 36.8 Å². The second-order valence-electron chi connectivity index (χ2n) is 7.27. The average molecular weight is 374 g/mol. The molecule has 1 unspecified atom stereocenters. The van der Waals surface area contributed by atoms with E-state index in [9.17, 15) is 14.4 Å². The fourth-order valence-corrected chi connectivity index (χ4v) is 3.35. The van der Waals surface area contributed by atoms with E-state index in [1.807, 2.05) is 0 Å². The van der Waals surface area contributed by atoms with Crippen molar-refractivity contribution >= 4 is 29.1 Å². The molecule has 3 N–H and O–H groups in total. The van der Waals surface area contributed by atoms with E-state index in [4.69, 9.17) is 0 Å². The lowest BCUT2D eigenvalue weighted by Gasteiger charge is -2.30. The Bertz CT molecular complexity index is 690. The molecule has 0 bridgehead atoms. The maximum Gasteiger partial charge on any atom is 0.313 e. The Labute approximate surface area is 160 Å². The van der Waals surface area contributed by atoms with Gasteiger partial charge in [-0.05, 0) is 62.9 Å². The summed E-state index contributed by atoms with van der Waals surface area (Å²) in [6.07, 6.45) is 3.34. The Hall–Kier alpha value is -2.41. The monoisotopic (exact) mass is 374 g/mol. The standard InChI is InChI=1S/C20H30N4O3/c1-14-7-5-11-24(13-14)12-6-10-21-19(26)20(27)23-18-9-4-8-17(15(18)2)22-16(3)25/h4,8-9,14H,5-7,10-13H2,1-3H3,(H,21,26)(H,22,25)(H,23,27). The largest absolute Gasteiger partial charge is 0.348 e. The minimum atomic E-state index is -0.704. The van der Waals surface area contributed by atoms with E-state index < -0.39 is 11.8 Å². The van der Waals surface area contributed by atoms with Crippen molar-refractivity contribution in [2.24, 2.45) is 5.92 Å². The van der Waals surface area contributed by atoms with E-state index in [2.05, 4.69) is 27.8 Å². The molecule has 0 spiro atoms. The molecule has 0 saturated carbocycles. The number of nitrogens with zero attached hydrogens (tertiary/aromatic N) is 1. The smallest absolute Gasteiger partial charge is 0.313 e. The summed E-state index contributed by atoms with van der Waals surface area (Å²) in [5.41, 5.74) is 1.81. The molecule has 7 nitrogen and oxygen atoms in total. The summed E-state index contributed by atoms with van der Waals surface area (Å²) in [4.78, 5) is 37.8. The molecule has 1 aliphatic heterocycles. The van der Waals surface area contributed by atoms with Gasteiger partial charge in [0.15, 0.2) is 0 Å². The van der Waals surface area contributed by atoms with E-state index in [-0.39, 0.29) is 5.91 Å². The quantitative estimate of drug-likeness (QED) is 0.526. The molecule has 148 valence electrons. The zero-order valence-corrected chi connectivity index (χ0v) is 16.4. The number of carbonyl (C=O) groups excluding carboxylic acids is 3. The van der Waals surface area contributed by atoms with E-state index >= 15 is 0 Å². The molecule has 1 aromatic carbocycles. The van der Waals surface area contributed by atoms with Gasteiger partial charge in [0.05, 0.1) is 0 Å². The predicted molar refractivity (Wildman–Crippen MR) is 107 cm³/mol. The third-order valence-corrected chi connectivity index (χ3v) is 4.78. The Balaban J connectivity index is 1.77. The maximum absolute atomic E-state index is 12.1. The van der Waals surface area contributed by atoms with E-state index in [0.29, 0.717) is 23.5 Å². The Morgan fingerprint density at radius 1 is 1.15 bits per heavy atom. The molecule has 0 aromatic heterocycles. The molecular weight excluding hydrogens is 344 g/mol. The lowest BCUT2D eigenvalue weighted by atomic mass is 10.0. The molecule has 1 aliphatic rings. The van der Waals surface area contributed by atoms with Gasteiger partial charge in [-0.15, -0.1) is 0 Å². The number of anilines is 2. The Morgan fingerprint density at radius 2 is 1.85 bits per heavy atom. The van der Waals surface area contributed by atoms with Crippen molar-refractivity contribution in [3.63, 3.8) is 0 Å². The van der Waals surface area contributed by atoms with Crippen LogP contribution in [0.15, 0.2) is 18.2 Å². The van der Waals surface area contributed by atoms with Gasteiger partial charge in [-0.2, -0.15) is 0 Å². The van der Waals surface area contributed by atoms with Crippen molar-refractivity contribution < 1.29 is 14.4 Å². The Morgan fingerprint density at radius 3 is 2.52 bits per heavy atom. The number of rotatable bonds is 6. The summed E-state index contributed by atoms with van der Waals surface area (Å²) in [5, 5.41) is 7.98. The number of benzene rings is 1. The minimum Gasteiger partial charge on any atom is -0.348 e. The highest BCUT2D eigenvalue weighted by molar-refractivity contribution is 6.39. The third-order valence-electron chi connectivity index (χ3n) is 4.78. The molecule has 1 atom stereocenters. The summed E-state index contributed by atoms with van der Waals surface area (Å²) in [7, 11) is 0. The highest BCUT2D eigenvalue weighted by atomic mass is 16.2. The summed E-state index contributed by atoms with van der Waals surface area (Å²) in [6.45, 7) is 9.09. The van der Waals surface area contributed by atoms with Crippen LogP contribution in [0.25, 0.3) is 0 Å². The normalized spacial score (nSPS) is 17.2. The van der Waals surface area contributed by atoms with Crippen LogP contribution in [0.5, 0.6) is 0 Å². The second-order valence-corrected chi connectivity index (χ2v) is 7.27. The van der Waals surface area contributed by atoms with Gasteiger partial charge in [-0.25, -0.2) is 0 Å². The molecule has 2 rings (SSSR count). The van der Waals surface area contributed by atoms with Crippen LogP contribution >= 0.6 is 0 Å². The van der Waals surface area contributed by atoms with Crippen molar-refractivity contribution in [2.45, 2.75) is 40.0 Å². The molecule has 1 aromatic rings. The highest BCUT2D eigenvalue weighted by Gasteiger charge is 2.17. The first-order valence-electron chi connectivity index (χ1n) is 9.55. The van der Waals surface area contributed by atoms with Gasteiger partial charge in [0.25, 0.3) is 0 Å². The number of carbonyl (C=O) groups is 3. The van der Waals surface area contributed by atoms with Crippen LogP contribution in [0.2, 0.25) is 0 Å². The van der Waals surface area contributed by atoms with E-state index in [1.165, 1.54) is 19.8 Å². The molecule has 1 saturated heterocycles. The number of piperidine rings is 1. The summed E-state index contributed by atoms with van der Waals surface area (Å²) >= 11 is 0. The number of likely N-dealkylation sites (tertiary alicyclic amines) is 1. The van der Waals surface area contributed by atoms with Gasteiger partial charge in [-0.1, -0.05) is 13.0 Å². The van der Waals surface area contributed by atoms with Crippen molar-refractivity contribution in [1.82, 2.24) is 10.2 Å². The SMILES string of the molecule is CC(=O)Nc1cccc(NC(=O)C(=O)NCCCN2CCCC(C)C2)c1C. The first-order valence-corrected chi connectivity index (χ1v) is 9.55. The average Bonchev–Trinajstić information content (AvgIpc) is 2.61. The lowest BCUT2D eigenvalue weighted by Crippen LogP contribution is -2.39. The zero-order chi connectivity index (χ0) is 19.8. The fourth-order valence-electron chi connectivity index (χ4n) is 3.35. The van der Waals surface area contributed by atoms with Gasteiger partial charge in [0, 0.05) is 31.4 Å². The van der Waals surface area contributed by atoms with Crippen LogP contribution < -0.4 is 16.0 Å². The molecule has 1 heterocycles. The van der Waals surface area contributed by atoms with Crippen LogP contribution in [-0.4, -0.2) is 48.8 Å². The van der Waals surface area contributed by atoms with Crippen molar-refractivity contribution in [3.8, 4) is 0 Å². The Kier molecular flexibility index (Phi) is 7.79. The van der Waals surface area contributed by atoms with Crippen LogP contribution in [-0.2, 0) is 14.4 Å². The van der Waals surface area contributed by atoms with E-state index in [0.717, 1.165) is 32.0 Å². The number of hydrogen-bond donors (Lipinski definition) is 3. The summed E-state index contributed by atoms with van der Waals surface area (Å²) < 4.78 is 0. The first kappa shape index (κ1) is 20.9. The van der Waals surface area contributed by atoms with Gasteiger partial charge < -0.3 is 20.9 Å². The van der Waals surface area contributed by atoms with Crippen LogP contribution in [0.3, 0.4) is 0 Å². The van der Waals surface area contributed by atoms with Crippen molar-refractivity contribution in [1.29, 1.82) is 0 Å². The van der Waals surface area contributed by atoms with Crippen LogP contribution in [0, 0.1) is 12.8 Å². The number of amides is 3. The third kappa shape index (κ3) is 6.67. The number of hydrogen-bond acceptors (Lipinski definition) is 4. The maximum atomic E-state index is 12.1. The summed E-state index contributed by atoms with van der Waals surface area (Å²) in [6, 6.07) is 5.16. The zero-order valence-electron chi connectivity index (χ0n) is 16.4. The van der Waals surface area contributed by atoms with E-state index in [1.54, 1.807) is 25.1 Å². The molecule has 27 heavy (non-hydrogen) atoms. The van der Waals surface area contributed by atoms with Crippen LogP contribution in [0.1, 0.15) is 38.7 Å². The van der Waals surface area contributed by atoms with Gasteiger partial charge >= 0.3 is 11.8 Å². The highest BCUT2D eigenvalue weighted by Crippen LogP contribution is 2.23. The first-order chi connectivity index (χ1) is 12.9. The van der Waals surface area contributed by atoms with Gasteiger partial charge in [-0.3, -0.25) is 14.4 Å². The minimum absolute atomic E-state index is 0.192. The fraction of sp³-hybridized carbons (Fsp3) is 0.550. The number of nitrogens with one attached hydrogen (secondary N) is 3. The lowest BCUT2D eigenvalue weighted by molar-refractivity contribution is -0.136. The molecule has 1 fully saturated rings. The van der Waals surface area contributed by atoms with Crippen molar-refractivity contribution in [3.05, 3.63) is 23.8 Å². The molecular formula is C20H30N4O3. The molecule has 0 aliphatic carbocycles. The topological polar surface area (TPSA) is 90.5 Å².